The highest BCUT2D eigenvalue weighted by Gasteiger charge is 2.30. The smallest absolute Gasteiger partial charge is 0.327 e. The normalized spacial score (nSPS) is 13.6. The summed E-state index contributed by atoms with van der Waals surface area (Å²) in [5, 5.41) is 36.2. The number of aromatic hydroxyl groups is 2. The number of carboxylic acid groups (broad SMARTS) is 1. The molecule has 42 heavy (non-hydrogen) atoms. The molecule has 0 spiro atoms. The van der Waals surface area contributed by atoms with Crippen LogP contribution in [0.2, 0.25) is 0 Å². The summed E-state index contributed by atoms with van der Waals surface area (Å²) in [6.45, 7) is 0.262. The minimum absolute atomic E-state index is 0.00360. The fourth-order valence-electron chi connectivity index (χ4n) is 3.81. The van der Waals surface area contributed by atoms with Gasteiger partial charge in [0.1, 0.15) is 29.6 Å². The molecule has 15 heteroatoms. The standard InChI is InChI=1S/C27H37N7O7S/c28-19(2-1-11-31-27(29)30)23(37)32-20(12-15-3-7-17(35)8-4-15)24(38)33-21(13-16-5-9-18(36)10-6-16)25(39)34-22(14-42)26(40)41/h3-10,19-22,35-36,42H,1-2,11-14,28H2,(H,32,37)(H,33,38)(H,34,39)(H,40,41)(H4,29,30,31). The van der Waals surface area contributed by atoms with Crippen LogP contribution in [0.1, 0.15) is 24.0 Å². The number of nitrogens with two attached hydrogens (primary N) is 3. The zero-order valence-electron chi connectivity index (χ0n) is 22.8. The van der Waals surface area contributed by atoms with Crippen LogP contribution in [0.15, 0.2) is 53.5 Å². The predicted octanol–water partition coefficient (Wildman–Crippen LogP) is -1.27. The molecule has 0 heterocycles. The molecule has 14 nitrogen and oxygen atoms in total. The number of phenolic OH excluding ortho intramolecular Hbond substituents is 2. The first kappa shape index (κ1) is 33.7. The number of thiol groups is 1. The average molecular weight is 604 g/mol. The molecule has 0 aliphatic rings. The number of carbonyl (C=O) groups excluding carboxylic acids is 3. The van der Waals surface area contributed by atoms with E-state index in [-0.39, 0.29) is 49.0 Å². The molecule has 0 saturated heterocycles. The molecule has 3 amide bonds. The zero-order valence-corrected chi connectivity index (χ0v) is 23.7. The van der Waals surface area contributed by atoms with E-state index in [0.717, 1.165) is 0 Å². The van der Waals surface area contributed by atoms with Gasteiger partial charge in [-0.05, 0) is 48.2 Å². The van der Waals surface area contributed by atoms with Gasteiger partial charge in [-0.1, -0.05) is 24.3 Å². The van der Waals surface area contributed by atoms with E-state index in [1.54, 1.807) is 24.3 Å². The Bertz CT molecular complexity index is 1240. The molecule has 0 saturated carbocycles. The molecule has 12 N–H and O–H groups in total. The van der Waals surface area contributed by atoms with Crippen LogP contribution >= 0.6 is 12.6 Å². The van der Waals surface area contributed by atoms with Gasteiger partial charge in [0.05, 0.1) is 6.04 Å². The predicted molar refractivity (Wildman–Crippen MR) is 159 cm³/mol. The quantitative estimate of drug-likeness (QED) is 0.0471. The Labute approximate surface area is 248 Å². The van der Waals surface area contributed by atoms with E-state index in [9.17, 15) is 34.5 Å². The Morgan fingerprint density at radius 1 is 0.762 bits per heavy atom. The van der Waals surface area contributed by atoms with Crippen molar-refractivity contribution in [2.45, 2.75) is 49.9 Å². The van der Waals surface area contributed by atoms with Crippen LogP contribution in [0.5, 0.6) is 11.5 Å². The highest BCUT2D eigenvalue weighted by Crippen LogP contribution is 2.14. The van der Waals surface area contributed by atoms with Gasteiger partial charge in [0.2, 0.25) is 17.7 Å². The van der Waals surface area contributed by atoms with Crippen LogP contribution in [0.4, 0.5) is 0 Å². The molecule has 0 radical (unpaired) electrons. The monoisotopic (exact) mass is 603 g/mol. The van der Waals surface area contributed by atoms with E-state index in [0.29, 0.717) is 17.5 Å². The Hall–Kier alpha value is -4.50. The summed E-state index contributed by atoms with van der Waals surface area (Å²) in [6, 6.07) is 7.14. The van der Waals surface area contributed by atoms with E-state index >= 15 is 0 Å². The number of nitrogens with one attached hydrogen (secondary N) is 3. The van der Waals surface area contributed by atoms with Gasteiger partial charge >= 0.3 is 5.97 Å². The van der Waals surface area contributed by atoms with Crippen LogP contribution < -0.4 is 33.2 Å². The zero-order chi connectivity index (χ0) is 31.2. The van der Waals surface area contributed by atoms with Crippen molar-refractivity contribution in [1.29, 1.82) is 0 Å². The molecule has 2 aromatic rings. The minimum Gasteiger partial charge on any atom is -0.508 e. The summed E-state index contributed by atoms with van der Waals surface area (Å²) < 4.78 is 0. The first-order valence-electron chi connectivity index (χ1n) is 13.0. The summed E-state index contributed by atoms with van der Waals surface area (Å²) in [6.07, 6.45) is 0.565. The van der Waals surface area contributed by atoms with Crippen LogP contribution in [0, 0.1) is 0 Å². The maximum absolute atomic E-state index is 13.5. The van der Waals surface area contributed by atoms with Gasteiger partial charge in [0, 0.05) is 25.1 Å². The lowest BCUT2D eigenvalue weighted by Gasteiger charge is -2.25. The summed E-state index contributed by atoms with van der Waals surface area (Å²) >= 11 is 3.96. The van der Waals surface area contributed by atoms with E-state index in [1.807, 2.05) is 0 Å². The van der Waals surface area contributed by atoms with Crippen molar-refractivity contribution in [3.63, 3.8) is 0 Å². The first-order chi connectivity index (χ1) is 19.9. The van der Waals surface area contributed by atoms with Gasteiger partial charge in [-0.2, -0.15) is 12.6 Å². The number of aliphatic carboxylic acids is 1. The Kier molecular flexibility index (Phi) is 13.4. The molecule has 4 unspecified atom stereocenters. The van der Waals surface area contributed by atoms with Gasteiger partial charge in [-0.3, -0.25) is 19.4 Å². The van der Waals surface area contributed by atoms with E-state index in [2.05, 4.69) is 33.6 Å². The lowest BCUT2D eigenvalue weighted by Crippen LogP contribution is -2.58. The van der Waals surface area contributed by atoms with E-state index < -0.39 is 47.9 Å². The third-order valence-electron chi connectivity index (χ3n) is 6.12. The number of nitrogens with zero attached hydrogens (tertiary/aromatic N) is 1. The Morgan fingerprint density at radius 2 is 1.19 bits per heavy atom. The van der Waals surface area contributed by atoms with Crippen LogP contribution in [-0.4, -0.2) is 81.4 Å². The molecule has 4 atom stereocenters. The number of carboxylic acids is 1. The van der Waals surface area contributed by atoms with Gasteiger partial charge in [0.15, 0.2) is 5.96 Å². The summed E-state index contributed by atoms with van der Waals surface area (Å²) in [4.78, 5) is 54.9. The Balaban J connectivity index is 2.27. The van der Waals surface area contributed by atoms with Gasteiger partial charge in [-0.25, -0.2) is 4.79 Å². The molecule has 228 valence electrons. The van der Waals surface area contributed by atoms with Gasteiger partial charge < -0.3 is 48.5 Å². The number of guanidine groups is 1. The van der Waals surface area contributed by atoms with Crippen molar-refractivity contribution in [1.82, 2.24) is 16.0 Å². The maximum atomic E-state index is 13.5. The van der Waals surface area contributed by atoms with Gasteiger partial charge in [0.25, 0.3) is 0 Å². The fraction of sp³-hybridized carbons (Fsp3) is 0.370. The maximum Gasteiger partial charge on any atom is 0.327 e. The number of rotatable bonds is 16. The third kappa shape index (κ3) is 11.5. The second-order valence-electron chi connectivity index (χ2n) is 9.50. The SMILES string of the molecule is NC(N)=NCCCC(N)C(=O)NC(Cc1ccc(O)cc1)C(=O)NC(Cc1ccc(O)cc1)C(=O)NC(CS)C(=O)O. The third-order valence-corrected chi connectivity index (χ3v) is 6.48. The summed E-state index contributed by atoms with van der Waals surface area (Å²) in [5.74, 6) is -3.73. The lowest BCUT2D eigenvalue weighted by molar-refractivity contribution is -0.141. The molecular weight excluding hydrogens is 566 g/mol. The molecule has 2 aromatic carbocycles. The second kappa shape index (κ2) is 16.7. The molecule has 0 fully saturated rings. The summed E-state index contributed by atoms with van der Waals surface area (Å²) in [7, 11) is 0. The van der Waals surface area contributed by atoms with Crippen molar-refractivity contribution in [2.24, 2.45) is 22.2 Å². The highest BCUT2D eigenvalue weighted by molar-refractivity contribution is 7.80. The van der Waals surface area contributed by atoms with Gasteiger partial charge in [-0.15, -0.1) is 0 Å². The minimum atomic E-state index is -1.32. The average Bonchev–Trinajstić information content (AvgIpc) is 2.94. The van der Waals surface area contributed by atoms with Crippen molar-refractivity contribution >= 4 is 42.3 Å². The molecule has 0 aromatic heterocycles. The number of hydrogen-bond acceptors (Lipinski definition) is 9. The number of amides is 3. The molecule has 0 aliphatic heterocycles. The van der Waals surface area contributed by atoms with Crippen LogP contribution in [0.25, 0.3) is 0 Å². The van der Waals surface area contributed by atoms with Crippen LogP contribution in [-0.2, 0) is 32.0 Å². The Morgan fingerprint density at radius 3 is 1.60 bits per heavy atom. The van der Waals surface area contributed by atoms with Crippen LogP contribution in [0.3, 0.4) is 0 Å². The topological polar surface area (TPSA) is 255 Å². The number of aliphatic imine (C=N–C) groups is 1. The van der Waals surface area contributed by atoms with E-state index in [4.69, 9.17) is 17.2 Å². The van der Waals surface area contributed by atoms with E-state index in [1.165, 1.54) is 24.3 Å². The number of carbonyl (C=O) groups is 4. The fourth-order valence-corrected chi connectivity index (χ4v) is 4.06. The number of phenols is 2. The molecule has 0 aliphatic carbocycles. The molecular formula is C27H37N7O7S. The molecule has 2 rings (SSSR count). The lowest BCUT2D eigenvalue weighted by atomic mass is 10.0. The number of benzene rings is 2. The highest BCUT2D eigenvalue weighted by atomic mass is 32.1. The van der Waals surface area contributed by atoms with Crippen molar-refractivity contribution in [3.05, 3.63) is 59.7 Å². The van der Waals surface area contributed by atoms with Crippen molar-refractivity contribution in [2.75, 3.05) is 12.3 Å². The van der Waals surface area contributed by atoms with Crippen molar-refractivity contribution in [3.8, 4) is 11.5 Å². The largest absolute Gasteiger partial charge is 0.508 e. The summed E-state index contributed by atoms with van der Waals surface area (Å²) in [5.41, 5.74) is 17.8. The number of hydrogen-bond donors (Lipinski definition) is 10. The molecule has 0 bridgehead atoms. The second-order valence-corrected chi connectivity index (χ2v) is 9.87. The first-order valence-corrected chi connectivity index (χ1v) is 13.6. The van der Waals surface area contributed by atoms with Crippen molar-refractivity contribution < 1.29 is 34.5 Å².